The van der Waals surface area contributed by atoms with Crippen LogP contribution in [-0.2, 0) is 20.5 Å². The smallest absolute Gasteiger partial charge is 0.309 e. The molecule has 0 aliphatic carbocycles. The number of benzene rings is 2. The fourth-order valence-electron chi connectivity index (χ4n) is 4.02. The summed E-state index contributed by atoms with van der Waals surface area (Å²) in [6, 6.07) is 11.8. The first kappa shape index (κ1) is 27.9. The van der Waals surface area contributed by atoms with E-state index in [0.29, 0.717) is 28.9 Å². The third kappa shape index (κ3) is 5.23. The summed E-state index contributed by atoms with van der Waals surface area (Å²) in [4.78, 5) is 23.4. The first-order valence-corrected chi connectivity index (χ1v) is 12.6. The number of aromatic nitrogens is 1. The topological polar surface area (TPSA) is 124 Å². The van der Waals surface area contributed by atoms with Gasteiger partial charge in [-0.2, -0.15) is 8.42 Å². The summed E-state index contributed by atoms with van der Waals surface area (Å²) in [5.74, 6) is -0.571. The number of rotatable bonds is 8. The molecule has 2 heterocycles. The molecule has 0 fully saturated rings. The summed E-state index contributed by atoms with van der Waals surface area (Å²) < 4.78 is 49.3. The molecule has 196 valence electrons. The van der Waals surface area contributed by atoms with Crippen LogP contribution >= 0.6 is 12.4 Å². The number of aliphatic imine (C=N–C) groups is 1. The fraction of sp³-hybridized carbons (Fsp3) is 0.240. The molecule has 0 spiro atoms. The third-order valence-corrected chi connectivity index (χ3v) is 7.19. The van der Waals surface area contributed by atoms with Gasteiger partial charge in [-0.3, -0.25) is 14.7 Å². The lowest BCUT2D eigenvalue weighted by molar-refractivity contribution is -0.129. The van der Waals surface area contributed by atoms with E-state index in [9.17, 15) is 17.6 Å². The van der Waals surface area contributed by atoms with Crippen LogP contribution in [0.4, 0.5) is 4.39 Å². The lowest BCUT2D eigenvalue weighted by atomic mass is 9.81. The SMILES string of the molecule is CCCS(=O)(=O)Oc1ccc(C2(c3ccc(F)c(-c4cncc(OC)c4)c3)N=C(N)N(C)C2=O)cc1.Cl. The first-order valence-electron chi connectivity index (χ1n) is 11.1. The number of nitrogens with zero attached hydrogens (tertiary/aromatic N) is 3. The monoisotopic (exact) mass is 548 g/mol. The number of nitrogens with two attached hydrogens (primary N) is 1. The van der Waals surface area contributed by atoms with Gasteiger partial charge in [0.25, 0.3) is 5.91 Å². The van der Waals surface area contributed by atoms with E-state index in [-0.39, 0.29) is 35.4 Å². The largest absolute Gasteiger partial charge is 0.495 e. The van der Waals surface area contributed by atoms with E-state index in [1.165, 1.54) is 61.8 Å². The number of carbonyl (C=O) groups is 1. The Balaban J connectivity index is 0.00000380. The van der Waals surface area contributed by atoms with Gasteiger partial charge in [0.2, 0.25) is 0 Å². The second-order valence-corrected chi connectivity index (χ2v) is 9.91. The zero-order valence-electron chi connectivity index (χ0n) is 20.3. The number of hydrogen-bond donors (Lipinski definition) is 1. The fourth-order valence-corrected chi connectivity index (χ4v) is 5.01. The van der Waals surface area contributed by atoms with E-state index in [0.717, 1.165) is 0 Å². The van der Waals surface area contributed by atoms with E-state index >= 15 is 0 Å². The molecule has 9 nitrogen and oxygen atoms in total. The van der Waals surface area contributed by atoms with E-state index in [1.54, 1.807) is 25.1 Å². The maximum atomic E-state index is 14.9. The van der Waals surface area contributed by atoms with Crippen molar-refractivity contribution in [3.63, 3.8) is 0 Å². The predicted molar refractivity (Wildman–Crippen MR) is 140 cm³/mol. The van der Waals surface area contributed by atoms with Crippen molar-refractivity contribution in [1.82, 2.24) is 9.88 Å². The second kappa shape index (κ2) is 10.7. The number of methoxy groups -OCH3 is 1. The molecule has 1 amide bonds. The van der Waals surface area contributed by atoms with Crippen LogP contribution in [0.5, 0.6) is 11.5 Å². The normalized spacial score (nSPS) is 17.2. The number of amides is 1. The Morgan fingerprint density at radius 3 is 2.32 bits per heavy atom. The molecule has 12 heteroatoms. The molecule has 0 radical (unpaired) electrons. The van der Waals surface area contributed by atoms with E-state index in [4.69, 9.17) is 14.7 Å². The van der Waals surface area contributed by atoms with Crippen LogP contribution in [0.25, 0.3) is 11.1 Å². The van der Waals surface area contributed by atoms with Crippen LogP contribution in [-0.4, -0.2) is 50.1 Å². The Morgan fingerprint density at radius 2 is 1.73 bits per heavy atom. The number of likely N-dealkylation sites (N-methyl/N-ethyl adjacent to an activating group) is 1. The lowest BCUT2D eigenvalue weighted by Crippen LogP contribution is -2.41. The maximum Gasteiger partial charge on any atom is 0.309 e. The van der Waals surface area contributed by atoms with Crippen molar-refractivity contribution in [3.8, 4) is 22.6 Å². The molecule has 37 heavy (non-hydrogen) atoms. The summed E-state index contributed by atoms with van der Waals surface area (Å²) in [5, 5.41) is 0. The number of hydrogen-bond acceptors (Lipinski definition) is 8. The highest BCUT2D eigenvalue weighted by atomic mass is 35.5. The highest BCUT2D eigenvalue weighted by Gasteiger charge is 2.49. The van der Waals surface area contributed by atoms with Crippen LogP contribution in [0.3, 0.4) is 0 Å². The van der Waals surface area contributed by atoms with Gasteiger partial charge in [0, 0.05) is 24.4 Å². The van der Waals surface area contributed by atoms with Gasteiger partial charge >= 0.3 is 10.1 Å². The van der Waals surface area contributed by atoms with Crippen molar-refractivity contribution in [2.24, 2.45) is 10.7 Å². The summed E-state index contributed by atoms with van der Waals surface area (Å²) >= 11 is 0. The molecule has 1 aromatic heterocycles. The Labute approximate surface area is 220 Å². The molecule has 2 aromatic carbocycles. The summed E-state index contributed by atoms with van der Waals surface area (Å²) in [7, 11) is -0.765. The van der Waals surface area contributed by atoms with Crippen LogP contribution in [0.2, 0.25) is 0 Å². The average molecular weight is 549 g/mol. The maximum absolute atomic E-state index is 14.9. The molecule has 3 aromatic rings. The zero-order chi connectivity index (χ0) is 26.1. The molecule has 2 N–H and O–H groups in total. The van der Waals surface area contributed by atoms with Crippen molar-refractivity contribution in [2.45, 2.75) is 18.9 Å². The van der Waals surface area contributed by atoms with Gasteiger partial charge in [0.15, 0.2) is 11.5 Å². The third-order valence-electron chi connectivity index (χ3n) is 5.83. The Kier molecular flexibility index (Phi) is 8.09. The minimum Gasteiger partial charge on any atom is -0.495 e. The summed E-state index contributed by atoms with van der Waals surface area (Å²) in [6.07, 6.45) is 3.39. The standard InChI is InChI=1S/C25H25FN4O5S.ClH/c1-4-11-36(32,33)35-19-8-5-17(6-9-19)25(23(31)30(2)24(27)29-25)18-7-10-22(26)21(13-18)16-12-20(34-3)15-28-14-16;/h5-10,12-15H,4,11H2,1-3H3,(H2,27,29);1H. The minimum atomic E-state index is -3.74. The highest BCUT2D eigenvalue weighted by Crippen LogP contribution is 2.41. The molecule has 0 saturated heterocycles. The molecular weight excluding hydrogens is 523 g/mol. The van der Waals surface area contributed by atoms with Crippen LogP contribution < -0.4 is 14.7 Å². The molecule has 1 aliphatic rings. The predicted octanol–water partition coefficient (Wildman–Crippen LogP) is 3.47. The molecule has 1 unspecified atom stereocenters. The van der Waals surface area contributed by atoms with Crippen LogP contribution in [0.15, 0.2) is 65.9 Å². The first-order chi connectivity index (χ1) is 17.1. The van der Waals surface area contributed by atoms with E-state index in [1.807, 2.05) is 0 Å². The zero-order valence-corrected chi connectivity index (χ0v) is 22.0. The van der Waals surface area contributed by atoms with Gasteiger partial charge in [-0.25, -0.2) is 9.38 Å². The molecule has 1 aliphatic heterocycles. The molecular formula is C25H26ClFN4O5S. The highest BCUT2D eigenvalue weighted by molar-refractivity contribution is 7.87. The number of halogens is 2. The molecule has 0 saturated carbocycles. The van der Waals surface area contributed by atoms with Gasteiger partial charge in [-0.15, -0.1) is 12.4 Å². The van der Waals surface area contributed by atoms with Crippen LogP contribution in [0, 0.1) is 5.82 Å². The lowest BCUT2D eigenvalue weighted by Gasteiger charge is -2.27. The van der Waals surface area contributed by atoms with Crippen molar-refractivity contribution in [2.75, 3.05) is 19.9 Å². The van der Waals surface area contributed by atoms with Crippen molar-refractivity contribution in [1.29, 1.82) is 0 Å². The van der Waals surface area contributed by atoms with Crippen molar-refractivity contribution in [3.05, 3.63) is 77.9 Å². The minimum absolute atomic E-state index is 0. The number of carbonyl (C=O) groups excluding carboxylic acids is 1. The summed E-state index contributed by atoms with van der Waals surface area (Å²) in [6.45, 7) is 1.73. The Morgan fingerprint density at radius 1 is 1.05 bits per heavy atom. The van der Waals surface area contributed by atoms with Crippen molar-refractivity contribution < 1.29 is 26.5 Å². The molecule has 0 bridgehead atoms. The van der Waals surface area contributed by atoms with Crippen molar-refractivity contribution >= 4 is 34.4 Å². The van der Waals surface area contributed by atoms with Gasteiger partial charge in [-0.05, 0) is 47.9 Å². The molecule has 1 atom stereocenters. The van der Waals surface area contributed by atoms with E-state index in [2.05, 4.69) is 9.98 Å². The number of ether oxygens (including phenoxy) is 1. The Hall–Kier alpha value is -3.70. The number of guanidine groups is 1. The summed E-state index contributed by atoms with van der Waals surface area (Å²) in [5.41, 5.74) is 5.83. The van der Waals surface area contributed by atoms with Gasteiger partial charge < -0.3 is 14.7 Å². The Bertz CT molecular complexity index is 1450. The number of pyridine rings is 1. The van der Waals surface area contributed by atoms with Gasteiger partial charge in [0.05, 0.1) is 19.1 Å². The van der Waals surface area contributed by atoms with Crippen LogP contribution in [0.1, 0.15) is 24.5 Å². The van der Waals surface area contributed by atoms with Gasteiger partial charge in [0.1, 0.15) is 17.3 Å². The van der Waals surface area contributed by atoms with Gasteiger partial charge in [-0.1, -0.05) is 25.1 Å². The van der Waals surface area contributed by atoms with E-state index < -0.39 is 27.4 Å². The second-order valence-electron chi connectivity index (χ2n) is 8.22. The molecule has 4 rings (SSSR count). The quantitative estimate of drug-likeness (QED) is 0.427. The average Bonchev–Trinajstić information content (AvgIpc) is 3.09.